The minimum Gasteiger partial charge on any atom is -0.478 e. The number of pyridine rings is 1. The van der Waals surface area contributed by atoms with Crippen LogP contribution in [0.25, 0.3) is 28.1 Å². The van der Waals surface area contributed by atoms with Crippen LogP contribution in [0, 0.1) is 0 Å². The van der Waals surface area contributed by atoms with Crippen LogP contribution >= 0.6 is 0 Å². The Hall–Kier alpha value is -4.97. The van der Waals surface area contributed by atoms with Crippen LogP contribution in [0.3, 0.4) is 0 Å². The zero-order valence-electron chi connectivity index (χ0n) is 20.3. The number of fused-ring (bicyclic) bond motifs is 1. The van der Waals surface area contributed by atoms with Gasteiger partial charge in [0.25, 0.3) is 0 Å². The fourth-order valence-electron chi connectivity index (χ4n) is 4.33. The quantitative estimate of drug-likeness (QED) is 0.178. The van der Waals surface area contributed by atoms with E-state index in [1.54, 1.807) is 18.5 Å². The number of aromatic amines is 1. The van der Waals surface area contributed by atoms with Crippen molar-refractivity contribution in [3.63, 3.8) is 0 Å². The molecule has 0 saturated heterocycles. The number of carbonyl (C=O) groups is 1. The van der Waals surface area contributed by atoms with E-state index < -0.39 is 5.97 Å². The van der Waals surface area contributed by atoms with Crippen molar-refractivity contribution in [1.29, 1.82) is 0 Å². The highest BCUT2D eigenvalue weighted by Gasteiger charge is 2.14. The number of nitrogens with zero attached hydrogens (tertiary/aromatic N) is 2. The van der Waals surface area contributed by atoms with Crippen LogP contribution < -0.4 is 4.74 Å². The molecule has 0 aliphatic rings. The third-order valence-corrected chi connectivity index (χ3v) is 6.07. The number of hydrogen-bond acceptors (Lipinski definition) is 4. The van der Waals surface area contributed by atoms with E-state index in [2.05, 4.69) is 46.4 Å². The molecule has 0 atom stereocenters. The highest BCUT2D eigenvalue weighted by atomic mass is 16.5. The van der Waals surface area contributed by atoms with Gasteiger partial charge in [-0.25, -0.2) is 4.79 Å². The number of hydrogen-bond donors (Lipinski definition) is 2. The summed E-state index contributed by atoms with van der Waals surface area (Å²) < 4.78 is 5.93. The zero-order chi connectivity index (χ0) is 25.6. The van der Waals surface area contributed by atoms with E-state index in [-0.39, 0.29) is 0 Å². The van der Waals surface area contributed by atoms with Gasteiger partial charge in [-0.05, 0) is 82.3 Å². The van der Waals surface area contributed by atoms with Crippen molar-refractivity contribution in [3.8, 4) is 11.5 Å². The molecule has 0 bridgehead atoms. The molecular weight excluding hydrogens is 462 g/mol. The number of carboxylic acids is 1. The van der Waals surface area contributed by atoms with Crippen LogP contribution in [0.2, 0.25) is 0 Å². The summed E-state index contributed by atoms with van der Waals surface area (Å²) in [5, 5.41) is 17.2. The Morgan fingerprint density at radius 1 is 0.919 bits per heavy atom. The minimum absolute atomic E-state index is 0.688. The molecule has 2 heterocycles. The predicted molar refractivity (Wildman–Crippen MR) is 146 cm³/mol. The highest BCUT2D eigenvalue weighted by Crippen LogP contribution is 2.36. The fraction of sp³-hybridized carbons (Fsp3) is 0.0645. The monoisotopic (exact) mass is 487 g/mol. The summed E-state index contributed by atoms with van der Waals surface area (Å²) in [4.78, 5) is 15.0. The number of rotatable bonds is 8. The Labute approximate surface area is 214 Å². The van der Waals surface area contributed by atoms with Crippen molar-refractivity contribution >= 4 is 34.1 Å². The molecule has 6 nitrogen and oxygen atoms in total. The molecule has 0 spiro atoms. The van der Waals surface area contributed by atoms with Crippen LogP contribution in [0.15, 0.2) is 104 Å². The van der Waals surface area contributed by atoms with Gasteiger partial charge >= 0.3 is 5.97 Å². The Bertz CT molecular complexity index is 1580. The molecule has 3 aromatic carbocycles. The second-order valence-corrected chi connectivity index (χ2v) is 8.49. The van der Waals surface area contributed by atoms with Gasteiger partial charge in [-0.2, -0.15) is 5.10 Å². The van der Waals surface area contributed by atoms with E-state index in [0.29, 0.717) is 5.75 Å². The lowest BCUT2D eigenvalue weighted by Crippen LogP contribution is -1.96. The van der Waals surface area contributed by atoms with Crippen LogP contribution in [0.4, 0.5) is 0 Å². The van der Waals surface area contributed by atoms with E-state index >= 15 is 0 Å². The lowest BCUT2D eigenvalue weighted by molar-refractivity contribution is -0.131. The molecule has 0 fully saturated rings. The summed E-state index contributed by atoms with van der Waals surface area (Å²) in [5.41, 5.74) is 7.32. The van der Waals surface area contributed by atoms with Gasteiger partial charge in [-0.3, -0.25) is 10.1 Å². The van der Waals surface area contributed by atoms with Crippen LogP contribution in [-0.2, 0) is 4.79 Å². The van der Waals surface area contributed by atoms with Crippen molar-refractivity contribution < 1.29 is 14.6 Å². The van der Waals surface area contributed by atoms with Crippen LogP contribution in [0.1, 0.15) is 35.6 Å². The molecule has 0 radical (unpaired) electrons. The van der Waals surface area contributed by atoms with Crippen molar-refractivity contribution in [3.05, 3.63) is 126 Å². The number of aliphatic carboxylic acids is 1. The number of allylic oxidation sites excluding steroid dienone is 1. The number of carboxylic acid groups (broad SMARTS) is 1. The molecule has 0 aliphatic heterocycles. The highest BCUT2D eigenvalue weighted by molar-refractivity contribution is 6.00. The van der Waals surface area contributed by atoms with Gasteiger partial charge in [0.15, 0.2) is 0 Å². The lowest BCUT2D eigenvalue weighted by Gasteiger charge is -2.17. The summed E-state index contributed by atoms with van der Waals surface area (Å²) in [5.74, 6) is 0.457. The van der Waals surface area contributed by atoms with Gasteiger partial charge < -0.3 is 9.84 Å². The molecule has 0 saturated carbocycles. The number of aromatic nitrogens is 3. The van der Waals surface area contributed by atoms with E-state index in [1.807, 2.05) is 60.8 Å². The maximum absolute atomic E-state index is 10.9. The fourth-order valence-corrected chi connectivity index (χ4v) is 4.33. The molecule has 0 aliphatic carbocycles. The minimum atomic E-state index is -0.970. The maximum Gasteiger partial charge on any atom is 0.328 e. The first-order chi connectivity index (χ1) is 18.1. The Morgan fingerprint density at radius 2 is 1.68 bits per heavy atom. The molecule has 6 heteroatoms. The smallest absolute Gasteiger partial charge is 0.328 e. The third kappa shape index (κ3) is 5.49. The van der Waals surface area contributed by atoms with Gasteiger partial charge in [0.2, 0.25) is 0 Å². The Balaban J connectivity index is 1.58. The number of ether oxygens (including phenoxy) is 1. The van der Waals surface area contributed by atoms with E-state index in [9.17, 15) is 4.79 Å². The Morgan fingerprint density at radius 3 is 2.38 bits per heavy atom. The predicted octanol–water partition coefficient (Wildman–Crippen LogP) is 7.22. The summed E-state index contributed by atoms with van der Waals surface area (Å²) in [6.07, 6.45) is 8.77. The number of H-pyrrole nitrogens is 1. The van der Waals surface area contributed by atoms with E-state index in [1.165, 1.54) is 5.57 Å². The topological polar surface area (TPSA) is 88.1 Å². The first kappa shape index (κ1) is 23.8. The second-order valence-electron chi connectivity index (χ2n) is 8.49. The van der Waals surface area contributed by atoms with E-state index in [4.69, 9.17) is 9.84 Å². The summed E-state index contributed by atoms with van der Waals surface area (Å²) in [6.45, 7) is 2.15. The first-order valence-corrected chi connectivity index (χ1v) is 12.0. The van der Waals surface area contributed by atoms with Gasteiger partial charge in [0.1, 0.15) is 11.5 Å². The average molecular weight is 488 g/mol. The van der Waals surface area contributed by atoms with Gasteiger partial charge in [0.05, 0.1) is 17.9 Å². The van der Waals surface area contributed by atoms with Crippen molar-refractivity contribution in [2.45, 2.75) is 13.3 Å². The number of benzene rings is 3. The molecule has 5 rings (SSSR count). The molecule has 0 amide bonds. The van der Waals surface area contributed by atoms with Crippen molar-refractivity contribution in [2.24, 2.45) is 0 Å². The number of nitrogens with one attached hydrogen (secondary N) is 1. The molecular formula is C31H25N3O3. The maximum atomic E-state index is 10.9. The SMILES string of the molecule is CC/C(=C(/c1ccc(/C=C/C(=O)O)cc1)c1ccc2[nH]ncc2c1)c1ccc(Oc2cccnc2)cc1. The molecule has 182 valence electrons. The molecule has 5 aromatic rings. The summed E-state index contributed by atoms with van der Waals surface area (Å²) in [7, 11) is 0. The third-order valence-electron chi connectivity index (χ3n) is 6.07. The van der Waals surface area contributed by atoms with Crippen molar-refractivity contribution in [2.75, 3.05) is 0 Å². The molecule has 37 heavy (non-hydrogen) atoms. The summed E-state index contributed by atoms with van der Waals surface area (Å²) >= 11 is 0. The summed E-state index contributed by atoms with van der Waals surface area (Å²) in [6, 6.07) is 26.0. The van der Waals surface area contributed by atoms with Crippen LogP contribution in [0.5, 0.6) is 11.5 Å². The second kappa shape index (κ2) is 10.7. The van der Waals surface area contributed by atoms with Crippen LogP contribution in [-0.4, -0.2) is 26.3 Å². The van der Waals surface area contributed by atoms with Gasteiger partial charge in [-0.1, -0.05) is 49.4 Å². The molecule has 0 unspecified atom stereocenters. The Kier molecular flexibility index (Phi) is 6.90. The first-order valence-electron chi connectivity index (χ1n) is 12.0. The van der Waals surface area contributed by atoms with E-state index in [0.717, 1.165) is 57.0 Å². The lowest BCUT2D eigenvalue weighted by atomic mass is 9.87. The van der Waals surface area contributed by atoms with Crippen molar-refractivity contribution in [1.82, 2.24) is 15.2 Å². The normalized spacial score (nSPS) is 12.0. The molecule has 2 aromatic heterocycles. The largest absolute Gasteiger partial charge is 0.478 e. The van der Waals surface area contributed by atoms with Gasteiger partial charge in [-0.15, -0.1) is 0 Å². The molecule has 2 N–H and O–H groups in total. The average Bonchev–Trinajstić information content (AvgIpc) is 3.40. The zero-order valence-corrected chi connectivity index (χ0v) is 20.3. The van der Waals surface area contributed by atoms with Gasteiger partial charge in [0, 0.05) is 17.7 Å². The standard InChI is InChI=1S/C31H25N3O3/c1-2-28(22-10-13-26(14-11-22)37-27-4-3-17-32-20-27)31(24-12-15-29-25(18-24)19-33-34-29)23-8-5-21(6-9-23)7-16-30(35)36/h3-20H,2H2,1H3,(H,33,34)(H,35,36)/b16-7+,31-28+.